The molecule has 5 aromatic rings. The van der Waals surface area contributed by atoms with Gasteiger partial charge in [-0.05, 0) is 54.4 Å². The first kappa shape index (κ1) is 21.4. The lowest BCUT2D eigenvalue weighted by Gasteiger charge is -2.11. The van der Waals surface area contributed by atoms with Gasteiger partial charge in [-0.15, -0.1) is 0 Å². The van der Waals surface area contributed by atoms with Crippen LogP contribution in [0.3, 0.4) is 0 Å². The third-order valence-corrected chi connectivity index (χ3v) is 5.80. The summed E-state index contributed by atoms with van der Waals surface area (Å²) in [6.45, 7) is 0.468. The molecule has 170 valence electrons. The molecular formula is C26H22N4O4. The zero-order chi connectivity index (χ0) is 23.7. The Morgan fingerprint density at radius 2 is 1.59 bits per heavy atom. The van der Waals surface area contributed by atoms with Crippen LogP contribution in [0.15, 0.2) is 82.8 Å². The zero-order valence-electron chi connectivity index (χ0n) is 18.8. The molecule has 0 radical (unpaired) electrons. The molecule has 0 fully saturated rings. The summed E-state index contributed by atoms with van der Waals surface area (Å²) in [7, 11) is 3.18. The summed E-state index contributed by atoms with van der Waals surface area (Å²) in [5.74, 6) is 1.81. The van der Waals surface area contributed by atoms with E-state index in [1.54, 1.807) is 67.7 Å². The fourth-order valence-corrected chi connectivity index (χ4v) is 4.00. The molecule has 4 heterocycles. The summed E-state index contributed by atoms with van der Waals surface area (Å²) >= 11 is 0. The van der Waals surface area contributed by atoms with Crippen LogP contribution >= 0.6 is 0 Å². The van der Waals surface area contributed by atoms with Gasteiger partial charge in [-0.2, -0.15) is 0 Å². The first-order valence-electron chi connectivity index (χ1n) is 10.8. The number of rotatable bonds is 6. The van der Waals surface area contributed by atoms with E-state index in [1.807, 2.05) is 24.3 Å². The molecule has 5 rings (SSSR count). The van der Waals surface area contributed by atoms with E-state index < -0.39 is 0 Å². The van der Waals surface area contributed by atoms with Crippen LogP contribution in [0.5, 0.6) is 11.5 Å². The first-order chi connectivity index (χ1) is 16.6. The van der Waals surface area contributed by atoms with Gasteiger partial charge in [-0.1, -0.05) is 12.1 Å². The van der Waals surface area contributed by atoms with Gasteiger partial charge in [0.15, 0.2) is 11.5 Å². The van der Waals surface area contributed by atoms with Crippen molar-refractivity contribution in [2.45, 2.75) is 13.0 Å². The molecule has 0 aliphatic heterocycles. The van der Waals surface area contributed by atoms with Crippen LogP contribution in [0.1, 0.15) is 5.56 Å². The predicted octanol–water partition coefficient (Wildman–Crippen LogP) is 3.36. The number of methoxy groups -OCH3 is 2. The Bertz CT molecular complexity index is 1620. The number of nitrogens with zero attached hydrogens (tertiary/aromatic N) is 4. The van der Waals surface area contributed by atoms with Crippen LogP contribution in [0.2, 0.25) is 0 Å². The predicted molar refractivity (Wildman–Crippen MR) is 130 cm³/mol. The highest BCUT2D eigenvalue weighted by Crippen LogP contribution is 2.27. The summed E-state index contributed by atoms with van der Waals surface area (Å²) in [4.78, 5) is 35.2. The number of ether oxygens (including phenoxy) is 2. The molecule has 4 aromatic heterocycles. The highest BCUT2D eigenvalue weighted by molar-refractivity contribution is 5.91. The summed E-state index contributed by atoms with van der Waals surface area (Å²) in [6.07, 6.45) is 5.64. The van der Waals surface area contributed by atoms with E-state index in [4.69, 9.17) is 9.47 Å². The topological polar surface area (TPSA) is 88.2 Å². The Morgan fingerprint density at radius 3 is 2.32 bits per heavy atom. The Labute approximate surface area is 194 Å². The molecule has 0 N–H and O–H groups in total. The number of aromatic nitrogens is 4. The largest absolute Gasteiger partial charge is 0.493 e. The maximum Gasteiger partial charge on any atom is 0.265 e. The van der Waals surface area contributed by atoms with E-state index in [1.165, 1.54) is 4.57 Å². The summed E-state index contributed by atoms with van der Waals surface area (Å²) in [5.41, 5.74) is 1.63. The van der Waals surface area contributed by atoms with Gasteiger partial charge in [-0.3, -0.25) is 14.2 Å². The van der Waals surface area contributed by atoms with E-state index in [2.05, 4.69) is 9.97 Å². The maximum absolute atomic E-state index is 13.2. The Balaban J connectivity index is 1.53. The van der Waals surface area contributed by atoms with E-state index in [0.29, 0.717) is 52.1 Å². The van der Waals surface area contributed by atoms with Crippen molar-refractivity contribution < 1.29 is 9.47 Å². The van der Waals surface area contributed by atoms with Gasteiger partial charge in [0.1, 0.15) is 5.82 Å². The van der Waals surface area contributed by atoms with E-state index in [0.717, 1.165) is 5.56 Å². The number of benzene rings is 1. The van der Waals surface area contributed by atoms with Crippen molar-refractivity contribution in [3.8, 4) is 17.3 Å². The molecule has 34 heavy (non-hydrogen) atoms. The van der Waals surface area contributed by atoms with Gasteiger partial charge in [0.25, 0.3) is 11.1 Å². The van der Waals surface area contributed by atoms with Crippen molar-refractivity contribution in [3.63, 3.8) is 0 Å². The highest BCUT2D eigenvalue weighted by Gasteiger charge is 2.12. The fourth-order valence-electron chi connectivity index (χ4n) is 4.00. The molecule has 0 aliphatic rings. The van der Waals surface area contributed by atoms with Crippen LogP contribution in [0.25, 0.3) is 27.6 Å². The van der Waals surface area contributed by atoms with Crippen molar-refractivity contribution in [2.24, 2.45) is 0 Å². The van der Waals surface area contributed by atoms with Gasteiger partial charge in [0.2, 0.25) is 0 Å². The van der Waals surface area contributed by atoms with Crippen molar-refractivity contribution in [3.05, 3.63) is 99.5 Å². The molecule has 0 spiro atoms. The third-order valence-electron chi connectivity index (χ3n) is 5.80. The molecule has 8 heteroatoms. The average Bonchev–Trinajstić information content (AvgIpc) is 2.88. The van der Waals surface area contributed by atoms with E-state index in [-0.39, 0.29) is 11.1 Å². The second-order valence-corrected chi connectivity index (χ2v) is 7.79. The minimum atomic E-state index is -0.272. The summed E-state index contributed by atoms with van der Waals surface area (Å²) in [5, 5.41) is 0.772. The minimum absolute atomic E-state index is 0.194. The Kier molecular flexibility index (Phi) is 5.55. The van der Waals surface area contributed by atoms with Crippen LogP contribution in [0.4, 0.5) is 0 Å². The molecule has 0 saturated heterocycles. The number of hydrogen-bond donors (Lipinski definition) is 0. The quantitative estimate of drug-likeness (QED) is 0.366. The van der Waals surface area contributed by atoms with Gasteiger partial charge >= 0.3 is 0 Å². The molecule has 8 nitrogen and oxygen atoms in total. The van der Waals surface area contributed by atoms with Crippen molar-refractivity contribution in [1.29, 1.82) is 0 Å². The summed E-state index contributed by atoms with van der Waals surface area (Å²) in [6, 6.07) is 16.2. The van der Waals surface area contributed by atoms with Gasteiger partial charge in [-0.25, -0.2) is 9.97 Å². The normalized spacial score (nSPS) is 11.1. The molecule has 0 bridgehead atoms. The smallest absolute Gasteiger partial charge is 0.265 e. The molecule has 0 amide bonds. The number of hydrogen-bond acceptors (Lipinski definition) is 6. The second kappa shape index (κ2) is 8.82. The van der Waals surface area contributed by atoms with Crippen molar-refractivity contribution in [1.82, 2.24) is 19.1 Å². The second-order valence-electron chi connectivity index (χ2n) is 7.79. The lowest BCUT2D eigenvalue weighted by atomic mass is 10.1. The number of aryl methyl sites for hydroxylation is 2. The number of pyridine rings is 4. The average molecular weight is 454 g/mol. The lowest BCUT2D eigenvalue weighted by molar-refractivity contribution is 0.354. The lowest BCUT2D eigenvalue weighted by Crippen LogP contribution is -2.22. The van der Waals surface area contributed by atoms with Gasteiger partial charge < -0.3 is 14.0 Å². The Hall–Kier alpha value is -4.46. The van der Waals surface area contributed by atoms with Crippen molar-refractivity contribution in [2.75, 3.05) is 14.2 Å². The van der Waals surface area contributed by atoms with Gasteiger partial charge in [0, 0.05) is 25.1 Å². The molecule has 0 atom stereocenters. The Morgan fingerprint density at radius 1 is 0.824 bits per heavy atom. The van der Waals surface area contributed by atoms with Crippen LogP contribution in [0, 0.1) is 0 Å². The maximum atomic E-state index is 13.2. The van der Waals surface area contributed by atoms with Gasteiger partial charge in [0.05, 0.1) is 36.0 Å². The minimum Gasteiger partial charge on any atom is -0.493 e. The fraction of sp³-hybridized carbons (Fsp3) is 0.154. The molecular weight excluding hydrogens is 432 g/mol. The monoisotopic (exact) mass is 454 g/mol. The molecule has 1 aromatic carbocycles. The van der Waals surface area contributed by atoms with E-state index >= 15 is 0 Å². The third kappa shape index (κ3) is 3.79. The molecule has 0 saturated carbocycles. The molecule has 0 unspecified atom stereocenters. The number of fused-ring (bicyclic) bond motifs is 2. The highest BCUT2D eigenvalue weighted by atomic mass is 16.5. The van der Waals surface area contributed by atoms with Crippen molar-refractivity contribution >= 4 is 21.8 Å². The van der Waals surface area contributed by atoms with Crippen LogP contribution in [-0.4, -0.2) is 33.3 Å². The SMILES string of the molecule is COc1ccc(CCn2ccc3nc4ccn(-c5ccccn5)c(=O)c4cc3c2=O)cc1OC. The van der Waals surface area contributed by atoms with E-state index in [9.17, 15) is 9.59 Å². The first-order valence-corrected chi connectivity index (χ1v) is 10.8. The van der Waals surface area contributed by atoms with Crippen LogP contribution in [-0.2, 0) is 13.0 Å². The summed E-state index contributed by atoms with van der Waals surface area (Å²) < 4.78 is 13.7. The zero-order valence-corrected chi connectivity index (χ0v) is 18.8. The standard InChI is InChI=1S/C26H22N4O4/c1-33-22-7-6-17(15-23(22)34-2)8-12-29-13-9-20-18(25(29)31)16-19-21(28-20)10-14-30(26(19)32)24-5-3-4-11-27-24/h3-7,9-11,13-16H,8,12H2,1-2H3. The molecule has 0 aliphatic carbocycles. The van der Waals surface area contributed by atoms with Crippen LogP contribution < -0.4 is 20.6 Å².